The van der Waals surface area contributed by atoms with Crippen LogP contribution in [-0.2, 0) is 10.2 Å². The van der Waals surface area contributed by atoms with E-state index in [2.05, 4.69) is 0 Å². The van der Waals surface area contributed by atoms with E-state index in [4.69, 9.17) is 5.11 Å². The summed E-state index contributed by atoms with van der Waals surface area (Å²) >= 11 is 0. The minimum absolute atomic E-state index is 0.234. The highest BCUT2D eigenvalue weighted by Gasteiger charge is 2.51. The maximum absolute atomic E-state index is 13.2. The molecule has 0 bridgehead atoms. The standard InChI is InChI=1S/C13H15FO2/c1-8-7-10(3-4-11(8)14)13(5-6-13)9(2)12(15)16/h3-4,7,9H,5-6H2,1-2H3,(H,15,16). The van der Waals surface area contributed by atoms with Crippen molar-refractivity contribution in [3.63, 3.8) is 0 Å². The smallest absolute Gasteiger partial charge is 0.307 e. The van der Waals surface area contributed by atoms with Crippen molar-refractivity contribution in [2.45, 2.75) is 32.1 Å². The van der Waals surface area contributed by atoms with Crippen molar-refractivity contribution >= 4 is 5.97 Å². The number of carbonyl (C=O) groups is 1. The van der Waals surface area contributed by atoms with Gasteiger partial charge in [-0.1, -0.05) is 19.1 Å². The third-order valence-electron chi connectivity index (χ3n) is 3.72. The molecule has 0 heterocycles. The molecule has 86 valence electrons. The number of aryl methyl sites for hydroxylation is 1. The molecule has 2 rings (SSSR count). The molecule has 0 amide bonds. The van der Waals surface area contributed by atoms with E-state index < -0.39 is 11.9 Å². The van der Waals surface area contributed by atoms with Crippen molar-refractivity contribution in [2.75, 3.05) is 0 Å². The van der Waals surface area contributed by atoms with Crippen LogP contribution in [0.15, 0.2) is 18.2 Å². The SMILES string of the molecule is Cc1cc(C2(C(C)C(=O)O)CC2)ccc1F. The lowest BCUT2D eigenvalue weighted by molar-refractivity contribution is -0.142. The van der Waals surface area contributed by atoms with E-state index in [0.29, 0.717) is 5.56 Å². The molecule has 1 aromatic rings. The Morgan fingerprint density at radius 3 is 2.56 bits per heavy atom. The number of halogens is 1. The monoisotopic (exact) mass is 222 g/mol. The average molecular weight is 222 g/mol. The van der Waals surface area contributed by atoms with E-state index in [1.54, 1.807) is 26.0 Å². The molecule has 0 aliphatic heterocycles. The molecule has 16 heavy (non-hydrogen) atoms. The van der Waals surface area contributed by atoms with Crippen LogP contribution < -0.4 is 0 Å². The molecule has 1 aromatic carbocycles. The number of carboxylic acid groups (broad SMARTS) is 1. The van der Waals surface area contributed by atoms with Gasteiger partial charge in [-0.05, 0) is 37.0 Å². The van der Waals surface area contributed by atoms with E-state index in [0.717, 1.165) is 18.4 Å². The Labute approximate surface area is 94.1 Å². The molecule has 1 aliphatic carbocycles. The number of hydrogen-bond donors (Lipinski definition) is 1. The van der Waals surface area contributed by atoms with Gasteiger partial charge >= 0.3 is 5.97 Å². The first-order valence-corrected chi connectivity index (χ1v) is 5.47. The second-order valence-electron chi connectivity index (χ2n) is 4.68. The Balaban J connectivity index is 2.37. The summed E-state index contributed by atoms with van der Waals surface area (Å²) in [7, 11) is 0. The van der Waals surface area contributed by atoms with Crippen molar-refractivity contribution < 1.29 is 14.3 Å². The van der Waals surface area contributed by atoms with E-state index in [-0.39, 0.29) is 11.2 Å². The highest BCUT2D eigenvalue weighted by Crippen LogP contribution is 2.54. The van der Waals surface area contributed by atoms with E-state index in [1.165, 1.54) is 6.07 Å². The zero-order valence-corrected chi connectivity index (χ0v) is 9.46. The lowest BCUT2D eigenvalue weighted by atomic mass is 9.83. The molecule has 1 saturated carbocycles. The largest absolute Gasteiger partial charge is 0.481 e. The first kappa shape index (κ1) is 11.1. The van der Waals surface area contributed by atoms with Crippen molar-refractivity contribution in [1.29, 1.82) is 0 Å². The van der Waals surface area contributed by atoms with Crippen molar-refractivity contribution in [3.05, 3.63) is 35.1 Å². The van der Waals surface area contributed by atoms with Crippen LogP contribution in [0.25, 0.3) is 0 Å². The fraction of sp³-hybridized carbons (Fsp3) is 0.462. The maximum Gasteiger partial charge on any atom is 0.307 e. The summed E-state index contributed by atoms with van der Waals surface area (Å²) in [6.07, 6.45) is 1.76. The van der Waals surface area contributed by atoms with E-state index in [1.807, 2.05) is 0 Å². The minimum Gasteiger partial charge on any atom is -0.481 e. The van der Waals surface area contributed by atoms with Crippen LogP contribution in [0, 0.1) is 18.7 Å². The molecular formula is C13H15FO2. The summed E-state index contributed by atoms with van der Waals surface area (Å²) in [4.78, 5) is 11.0. The van der Waals surface area contributed by atoms with Gasteiger partial charge in [-0.2, -0.15) is 0 Å². The van der Waals surface area contributed by atoms with Crippen molar-refractivity contribution in [3.8, 4) is 0 Å². The van der Waals surface area contributed by atoms with Crippen LogP contribution in [-0.4, -0.2) is 11.1 Å². The molecule has 0 radical (unpaired) electrons. The summed E-state index contributed by atoms with van der Waals surface area (Å²) in [5, 5.41) is 9.07. The number of aliphatic carboxylic acids is 1. The van der Waals surface area contributed by atoms with Gasteiger partial charge in [-0.3, -0.25) is 4.79 Å². The Hall–Kier alpha value is -1.38. The molecule has 0 spiro atoms. The molecule has 1 N–H and O–H groups in total. The van der Waals surface area contributed by atoms with Gasteiger partial charge in [0.2, 0.25) is 0 Å². The minimum atomic E-state index is -0.778. The Kier molecular flexibility index (Phi) is 2.49. The number of benzene rings is 1. The lowest BCUT2D eigenvalue weighted by Gasteiger charge is -2.20. The third kappa shape index (κ3) is 1.60. The zero-order chi connectivity index (χ0) is 11.9. The maximum atomic E-state index is 13.2. The normalized spacial score (nSPS) is 19.2. The predicted molar refractivity (Wildman–Crippen MR) is 58.8 cm³/mol. The molecule has 1 atom stereocenters. The first-order chi connectivity index (χ1) is 7.47. The Morgan fingerprint density at radius 1 is 1.50 bits per heavy atom. The molecule has 2 nitrogen and oxygen atoms in total. The second-order valence-corrected chi connectivity index (χ2v) is 4.68. The highest BCUT2D eigenvalue weighted by molar-refractivity contribution is 5.73. The lowest BCUT2D eigenvalue weighted by Crippen LogP contribution is -2.25. The van der Waals surface area contributed by atoms with E-state index in [9.17, 15) is 9.18 Å². The molecule has 1 unspecified atom stereocenters. The van der Waals surface area contributed by atoms with Crippen LogP contribution in [0.4, 0.5) is 4.39 Å². The predicted octanol–water partition coefficient (Wildman–Crippen LogP) is 2.89. The zero-order valence-electron chi connectivity index (χ0n) is 9.46. The summed E-state index contributed by atoms with van der Waals surface area (Å²) < 4.78 is 13.2. The van der Waals surface area contributed by atoms with Gasteiger partial charge in [0.05, 0.1) is 5.92 Å². The van der Waals surface area contributed by atoms with Crippen LogP contribution >= 0.6 is 0 Å². The highest BCUT2D eigenvalue weighted by atomic mass is 19.1. The summed E-state index contributed by atoms with van der Waals surface area (Å²) in [6, 6.07) is 4.93. The summed E-state index contributed by atoms with van der Waals surface area (Å²) in [5.74, 6) is -1.42. The number of rotatable bonds is 3. The van der Waals surface area contributed by atoms with Crippen LogP contribution in [0.1, 0.15) is 30.9 Å². The first-order valence-electron chi connectivity index (χ1n) is 5.47. The topological polar surface area (TPSA) is 37.3 Å². The average Bonchev–Trinajstić information content (AvgIpc) is 3.02. The molecule has 3 heteroatoms. The number of hydrogen-bond acceptors (Lipinski definition) is 1. The summed E-state index contributed by atoms with van der Waals surface area (Å²) in [6.45, 7) is 3.44. The fourth-order valence-electron chi connectivity index (χ4n) is 2.30. The van der Waals surface area contributed by atoms with Gasteiger partial charge < -0.3 is 5.11 Å². The number of carboxylic acids is 1. The van der Waals surface area contributed by atoms with Gasteiger partial charge in [0.15, 0.2) is 0 Å². The van der Waals surface area contributed by atoms with Gasteiger partial charge in [0.25, 0.3) is 0 Å². The summed E-state index contributed by atoms with van der Waals surface area (Å²) in [5.41, 5.74) is 1.28. The molecule has 0 aromatic heterocycles. The quantitative estimate of drug-likeness (QED) is 0.853. The van der Waals surface area contributed by atoms with Gasteiger partial charge in [-0.25, -0.2) is 4.39 Å². The van der Waals surface area contributed by atoms with E-state index >= 15 is 0 Å². The van der Waals surface area contributed by atoms with Crippen LogP contribution in [0.2, 0.25) is 0 Å². The van der Waals surface area contributed by atoms with Gasteiger partial charge in [-0.15, -0.1) is 0 Å². The fourth-order valence-corrected chi connectivity index (χ4v) is 2.30. The molecule has 1 aliphatic rings. The third-order valence-corrected chi connectivity index (χ3v) is 3.72. The molecule has 1 fully saturated rings. The van der Waals surface area contributed by atoms with Crippen LogP contribution in [0.5, 0.6) is 0 Å². The second kappa shape index (κ2) is 3.58. The molecule has 0 saturated heterocycles. The van der Waals surface area contributed by atoms with Gasteiger partial charge in [0, 0.05) is 5.41 Å². The van der Waals surface area contributed by atoms with Crippen molar-refractivity contribution in [1.82, 2.24) is 0 Å². The Bertz CT molecular complexity index is 436. The Morgan fingerprint density at radius 2 is 2.12 bits per heavy atom. The van der Waals surface area contributed by atoms with Crippen molar-refractivity contribution in [2.24, 2.45) is 5.92 Å². The van der Waals surface area contributed by atoms with Crippen LogP contribution in [0.3, 0.4) is 0 Å². The molecular weight excluding hydrogens is 207 g/mol. The van der Waals surface area contributed by atoms with Gasteiger partial charge in [0.1, 0.15) is 5.82 Å².